The fourth-order valence-corrected chi connectivity index (χ4v) is 1.18. The van der Waals surface area contributed by atoms with Gasteiger partial charge in [-0.2, -0.15) is 0 Å². The van der Waals surface area contributed by atoms with E-state index < -0.39 is 0 Å². The van der Waals surface area contributed by atoms with Gasteiger partial charge in [-0.3, -0.25) is 4.79 Å². The molecule has 0 saturated carbocycles. The normalized spacial score (nSPS) is 10.3. The maximum atomic E-state index is 11.6. The third-order valence-corrected chi connectivity index (χ3v) is 1.90. The van der Waals surface area contributed by atoms with Crippen LogP contribution in [0.1, 0.15) is 29.8 Å². The molecule has 0 spiro atoms. The molecular weight excluding hydrogens is 178 g/mol. The maximum absolute atomic E-state index is 11.6. The number of carbonyl (C=O) groups excluding carboxylic acids is 1. The maximum Gasteiger partial charge on any atom is 0.255 e. The van der Waals surface area contributed by atoms with Crippen LogP contribution in [-0.2, 0) is 0 Å². The number of carbonyl (C=O) groups is 1. The molecule has 0 atom stereocenters. The van der Waals surface area contributed by atoms with E-state index in [-0.39, 0.29) is 17.7 Å². The third kappa shape index (κ3) is 2.25. The Balaban J connectivity index is 2.96. The molecule has 0 aromatic heterocycles. The Bertz CT molecular complexity index is 345. The predicted octanol–water partition coefficient (Wildman–Crippen LogP) is 1.84. The van der Waals surface area contributed by atoms with Gasteiger partial charge in [0.15, 0.2) is 0 Å². The summed E-state index contributed by atoms with van der Waals surface area (Å²) in [5, 5.41) is 12.3. The van der Waals surface area contributed by atoms with Gasteiger partial charge in [0.2, 0.25) is 0 Å². The van der Waals surface area contributed by atoms with E-state index in [4.69, 9.17) is 0 Å². The molecule has 0 aliphatic heterocycles. The van der Waals surface area contributed by atoms with Crippen LogP contribution in [0.5, 0.6) is 5.75 Å². The van der Waals surface area contributed by atoms with Crippen LogP contribution in [0.3, 0.4) is 0 Å². The second-order valence-corrected chi connectivity index (χ2v) is 3.60. The van der Waals surface area contributed by atoms with Crippen molar-refractivity contribution in [2.24, 2.45) is 0 Å². The van der Waals surface area contributed by atoms with Gasteiger partial charge in [-0.1, -0.05) is 12.1 Å². The quantitative estimate of drug-likeness (QED) is 0.753. The van der Waals surface area contributed by atoms with Gasteiger partial charge in [0, 0.05) is 6.04 Å². The molecule has 1 aromatic carbocycles. The molecule has 0 aliphatic rings. The van der Waals surface area contributed by atoms with E-state index >= 15 is 0 Å². The van der Waals surface area contributed by atoms with Gasteiger partial charge >= 0.3 is 0 Å². The molecule has 76 valence electrons. The highest BCUT2D eigenvalue weighted by Gasteiger charge is 2.12. The Morgan fingerprint density at radius 1 is 1.43 bits per heavy atom. The van der Waals surface area contributed by atoms with Crippen molar-refractivity contribution in [3.8, 4) is 5.75 Å². The molecule has 1 amide bonds. The van der Waals surface area contributed by atoms with Crippen molar-refractivity contribution in [2.45, 2.75) is 26.8 Å². The lowest BCUT2D eigenvalue weighted by molar-refractivity contribution is 0.0940. The van der Waals surface area contributed by atoms with Crippen LogP contribution in [0.15, 0.2) is 18.2 Å². The van der Waals surface area contributed by atoms with Crippen LogP contribution < -0.4 is 5.32 Å². The van der Waals surface area contributed by atoms with E-state index in [0.717, 1.165) is 0 Å². The minimum absolute atomic E-state index is 0.0608. The summed E-state index contributed by atoms with van der Waals surface area (Å²) in [5.74, 6) is -0.174. The number of benzene rings is 1. The Labute approximate surface area is 83.8 Å². The molecule has 3 nitrogen and oxygen atoms in total. The average Bonchev–Trinajstić information content (AvgIpc) is 2.08. The first-order valence-electron chi connectivity index (χ1n) is 4.62. The molecule has 1 rings (SSSR count). The van der Waals surface area contributed by atoms with Crippen molar-refractivity contribution >= 4 is 5.91 Å². The van der Waals surface area contributed by atoms with E-state index in [9.17, 15) is 9.90 Å². The fourth-order valence-electron chi connectivity index (χ4n) is 1.18. The van der Waals surface area contributed by atoms with Gasteiger partial charge in [-0.25, -0.2) is 0 Å². The first-order chi connectivity index (χ1) is 6.52. The second-order valence-electron chi connectivity index (χ2n) is 3.60. The van der Waals surface area contributed by atoms with E-state index in [1.54, 1.807) is 25.1 Å². The van der Waals surface area contributed by atoms with Crippen LogP contribution in [0.4, 0.5) is 0 Å². The number of hydrogen-bond donors (Lipinski definition) is 2. The summed E-state index contributed by atoms with van der Waals surface area (Å²) >= 11 is 0. The van der Waals surface area contributed by atoms with Crippen LogP contribution in [0.25, 0.3) is 0 Å². The lowest BCUT2D eigenvalue weighted by atomic mass is 10.1. The number of para-hydroxylation sites is 1. The topological polar surface area (TPSA) is 49.3 Å². The van der Waals surface area contributed by atoms with Gasteiger partial charge in [-0.15, -0.1) is 0 Å². The lowest BCUT2D eigenvalue weighted by Crippen LogP contribution is -2.30. The molecule has 0 bridgehead atoms. The summed E-state index contributed by atoms with van der Waals surface area (Å²) in [6.45, 7) is 5.52. The minimum atomic E-state index is -0.235. The second kappa shape index (κ2) is 4.13. The predicted molar refractivity (Wildman–Crippen MR) is 55.4 cm³/mol. The van der Waals surface area contributed by atoms with Crippen molar-refractivity contribution < 1.29 is 9.90 Å². The Kier molecular flexibility index (Phi) is 3.12. The van der Waals surface area contributed by atoms with Crippen LogP contribution in [0, 0.1) is 6.92 Å². The minimum Gasteiger partial charge on any atom is -0.507 e. The number of amides is 1. The first kappa shape index (κ1) is 10.6. The zero-order valence-corrected chi connectivity index (χ0v) is 8.66. The molecule has 0 radical (unpaired) electrons. The SMILES string of the molecule is Cc1cccc(C(=O)NC(C)C)c1O. The van der Waals surface area contributed by atoms with Crippen molar-refractivity contribution in [1.82, 2.24) is 5.32 Å². The van der Waals surface area contributed by atoms with Crippen molar-refractivity contribution in [3.05, 3.63) is 29.3 Å². The standard InChI is InChI=1S/C11H15NO2/c1-7(2)12-11(14)9-6-4-5-8(3)10(9)13/h4-7,13H,1-3H3,(H,12,14). The summed E-state index contributed by atoms with van der Waals surface area (Å²) in [5.41, 5.74) is 1.04. The first-order valence-corrected chi connectivity index (χ1v) is 4.62. The number of phenols is 1. The van der Waals surface area contributed by atoms with E-state index in [2.05, 4.69) is 5.32 Å². The van der Waals surface area contributed by atoms with Gasteiger partial charge in [0.05, 0.1) is 5.56 Å². The van der Waals surface area contributed by atoms with Gasteiger partial charge in [0.1, 0.15) is 5.75 Å². The molecule has 14 heavy (non-hydrogen) atoms. The largest absolute Gasteiger partial charge is 0.507 e. The highest BCUT2D eigenvalue weighted by Crippen LogP contribution is 2.21. The molecule has 0 heterocycles. The number of aryl methyl sites for hydroxylation is 1. The molecule has 1 aromatic rings. The van der Waals surface area contributed by atoms with Gasteiger partial charge in [-0.05, 0) is 32.4 Å². The zero-order chi connectivity index (χ0) is 10.7. The molecule has 0 fully saturated rings. The summed E-state index contributed by atoms with van der Waals surface area (Å²) < 4.78 is 0. The molecule has 0 unspecified atom stereocenters. The lowest BCUT2D eigenvalue weighted by Gasteiger charge is -2.10. The molecular formula is C11H15NO2. The van der Waals surface area contributed by atoms with Crippen molar-refractivity contribution in [1.29, 1.82) is 0 Å². The Morgan fingerprint density at radius 3 is 2.64 bits per heavy atom. The number of aromatic hydroxyl groups is 1. The molecule has 0 aliphatic carbocycles. The molecule has 2 N–H and O–H groups in total. The smallest absolute Gasteiger partial charge is 0.255 e. The highest BCUT2D eigenvalue weighted by molar-refractivity contribution is 5.97. The third-order valence-electron chi connectivity index (χ3n) is 1.90. The average molecular weight is 193 g/mol. The van der Waals surface area contributed by atoms with E-state index in [1.165, 1.54) is 0 Å². The summed E-state index contributed by atoms with van der Waals surface area (Å²) in [4.78, 5) is 11.6. The number of hydrogen-bond acceptors (Lipinski definition) is 2. The monoisotopic (exact) mass is 193 g/mol. The molecule has 3 heteroatoms. The number of nitrogens with one attached hydrogen (secondary N) is 1. The van der Waals surface area contributed by atoms with E-state index in [0.29, 0.717) is 11.1 Å². The van der Waals surface area contributed by atoms with E-state index in [1.807, 2.05) is 13.8 Å². The highest BCUT2D eigenvalue weighted by atomic mass is 16.3. The number of phenolic OH excluding ortho intramolecular Hbond substituents is 1. The summed E-state index contributed by atoms with van der Waals surface area (Å²) in [7, 11) is 0. The van der Waals surface area contributed by atoms with Gasteiger partial charge < -0.3 is 10.4 Å². The van der Waals surface area contributed by atoms with Crippen LogP contribution in [0.2, 0.25) is 0 Å². The number of rotatable bonds is 2. The summed E-state index contributed by atoms with van der Waals surface area (Å²) in [6, 6.07) is 5.20. The Hall–Kier alpha value is -1.51. The zero-order valence-electron chi connectivity index (χ0n) is 8.66. The van der Waals surface area contributed by atoms with Crippen molar-refractivity contribution in [3.63, 3.8) is 0 Å². The van der Waals surface area contributed by atoms with Crippen LogP contribution >= 0.6 is 0 Å². The summed E-state index contributed by atoms with van der Waals surface area (Å²) in [6.07, 6.45) is 0. The molecule has 0 saturated heterocycles. The fraction of sp³-hybridized carbons (Fsp3) is 0.364. The Morgan fingerprint density at radius 2 is 2.07 bits per heavy atom. The van der Waals surface area contributed by atoms with Crippen molar-refractivity contribution in [2.75, 3.05) is 0 Å². The van der Waals surface area contributed by atoms with Crippen LogP contribution in [-0.4, -0.2) is 17.1 Å². The van der Waals surface area contributed by atoms with Gasteiger partial charge in [0.25, 0.3) is 5.91 Å².